The zero-order valence-corrected chi connectivity index (χ0v) is 20.2. The Morgan fingerprint density at radius 1 is 1.38 bits per heavy atom. The monoisotopic (exact) mass is 509 g/mol. The van der Waals surface area contributed by atoms with E-state index in [9.17, 15) is 19.2 Å². The lowest BCUT2D eigenvalue weighted by atomic mass is 10.0. The molecule has 0 saturated carbocycles. The lowest BCUT2D eigenvalue weighted by Crippen LogP contribution is -2.71. The number of thiazole rings is 1. The van der Waals surface area contributed by atoms with E-state index in [1.165, 1.54) is 30.7 Å². The molecule has 14 heteroatoms. The number of amides is 2. The fourth-order valence-electron chi connectivity index (χ4n) is 3.16. The number of ether oxygens (including phenoxy) is 2. The SMILES string of the molecule is CCC=CC1=C(C(=O)OCOC(C)=O)N2C(=O)C(NC(=O)C(=NOC)c3csc(N)n3)[C@@H]2SC1. The number of thioether (sulfide) groups is 1. The van der Waals surface area contributed by atoms with Gasteiger partial charge in [-0.15, -0.1) is 23.1 Å². The highest BCUT2D eigenvalue weighted by atomic mass is 32.2. The molecule has 2 aliphatic heterocycles. The van der Waals surface area contributed by atoms with Crippen molar-refractivity contribution >= 4 is 57.7 Å². The molecule has 2 amide bonds. The lowest BCUT2D eigenvalue weighted by Gasteiger charge is -2.49. The zero-order chi connectivity index (χ0) is 24.8. The van der Waals surface area contributed by atoms with Crippen molar-refractivity contribution in [1.29, 1.82) is 0 Å². The lowest BCUT2D eigenvalue weighted by molar-refractivity contribution is -0.166. The predicted octanol–water partition coefficient (Wildman–Crippen LogP) is 0.760. The van der Waals surface area contributed by atoms with Crippen LogP contribution < -0.4 is 11.1 Å². The number of hydrogen-bond acceptors (Lipinski definition) is 12. The Morgan fingerprint density at radius 3 is 2.76 bits per heavy atom. The van der Waals surface area contributed by atoms with Gasteiger partial charge in [0, 0.05) is 18.1 Å². The largest absolute Gasteiger partial charge is 0.428 e. The summed E-state index contributed by atoms with van der Waals surface area (Å²) in [4.78, 5) is 59.6. The second-order valence-electron chi connectivity index (χ2n) is 6.92. The van der Waals surface area contributed by atoms with Gasteiger partial charge in [-0.05, 0) is 12.0 Å². The fraction of sp³-hybridized carbons (Fsp3) is 0.400. The summed E-state index contributed by atoms with van der Waals surface area (Å²) in [6.07, 6.45) is 4.33. The van der Waals surface area contributed by atoms with Crippen LogP contribution in [-0.4, -0.2) is 70.4 Å². The minimum atomic E-state index is -0.913. The van der Waals surface area contributed by atoms with E-state index in [0.29, 0.717) is 11.3 Å². The predicted molar refractivity (Wildman–Crippen MR) is 124 cm³/mol. The summed E-state index contributed by atoms with van der Waals surface area (Å²) in [6, 6.07) is -0.913. The van der Waals surface area contributed by atoms with Crippen molar-refractivity contribution < 1.29 is 33.5 Å². The number of esters is 2. The molecular formula is C20H23N5O7S2. The molecule has 34 heavy (non-hydrogen) atoms. The van der Waals surface area contributed by atoms with Crippen LogP contribution in [0.2, 0.25) is 0 Å². The maximum atomic E-state index is 13.0. The molecule has 2 aliphatic rings. The Labute approximate surface area is 203 Å². The third-order valence-corrected chi connectivity index (χ3v) is 6.62. The zero-order valence-electron chi connectivity index (χ0n) is 18.6. The topological polar surface area (TPSA) is 163 Å². The number of oxime groups is 1. The fourth-order valence-corrected chi connectivity index (χ4v) is 5.02. The van der Waals surface area contributed by atoms with Gasteiger partial charge in [0.05, 0.1) is 0 Å². The summed E-state index contributed by atoms with van der Waals surface area (Å²) in [5.74, 6) is -2.19. The Hall–Kier alpha value is -3.39. The minimum Gasteiger partial charge on any atom is -0.428 e. The molecule has 0 aromatic carbocycles. The summed E-state index contributed by atoms with van der Waals surface area (Å²) in [5.41, 5.74) is 6.36. The number of nitrogens with one attached hydrogen (secondary N) is 1. The highest BCUT2D eigenvalue weighted by molar-refractivity contribution is 8.00. The number of carbonyl (C=O) groups is 4. The standard InChI is InChI=1S/C20H23N5O7S2/c1-4-5-6-11-7-33-18-14(17(28)25(18)15(11)19(29)32-9-31-10(2)26)23-16(27)13(24-30-3)12-8-34-20(21)22-12/h5-6,8,14,18H,4,7,9H2,1-3H3,(H2,21,22)(H,23,27)/t14?,18-/m0/s1. The van der Waals surface area contributed by atoms with Gasteiger partial charge in [-0.3, -0.25) is 19.3 Å². The molecule has 0 bridgehead atoms. The van der Waals surface area contributed by atoms with Crippen molar-refractivity contribution in [2.75, 3.05) is 25.4 Å². The Bertz CT molecular complexity index is 1080. The van der Waals surface area contributed by atoms with Crippen LogP contribution in [0.3, 0.4) is 0 Å². The summed E-state index contributed by atoms with van der Waals surface area (Å²) in [6.45, 7) is 2.54. The summed E-state index contributed by atoms with van der Waals surface area (Å²) in [5, 5.41) is 7.59. The van der Waals surface area contributed by atoms with Crippen LogP contribution in [0.5, 0.6) is 0 Å². The Morgan fingerprint density at radius 2 is 2.15 bits per heavy atom. The smallest absolute Gasteiger partial charge is 0.358 e. The van der Waals surface area contributed by atoms with Crippen molar-refractivity contribution in [3.63, 3.8) is 0 Å². The van der Waals surface area contributed by atoms with E-state index in [2.05, 4.69) is 20.2 Å². The van der Waals surface area contributed by atoms with Gasteiger partial charge in [-0.1, -0.05) is 24.2 Å². The normalized spacial score (nSPS) is 20.0. The average Bonchev–Trinajstić information content (AvgIpc) is 3.24. The molecule has 1 unspecified atom stereocenters. The molecule has 1 aromatic rings. The van der Waals surface area contributed by atoms with Gasteiger partial charge in [0.15, 0.2) is 10.8 Å². The van der Waals surface area contributed by atoms with Crippen LogP contribution in [-0.2, 0) is 33.5 Å². The number of hydrogen-bond donors (Lipinski definition) is 2. The minimum absolute atomic E-state index is 0.0501. The number of allylic oxidation sites excluding steroid dienone is 2. The number of nitrogen functional groups attached to an aromatic ring is 1. The maximum absolute atomic E-state index is 13.0. The molecule has 1 saturated heterocycles. The maximum Gasteiger partial charge on any atom is 0.358 e. The average molecular weight is 510 g/mol. The molecule has 182 valence electrons. The number of nitrogens with zero attached hydrogens (tertiary/aromatic N) is 3. The molecule has 0 radical (unpaired) electrons. The van der Waals surface area contributed by atoms with Gasteiger partial charge >= 0.3 is 11.9 Å². The summed E-state index contributed by atoms with van der Waals surface area (Å²) < 4.78 is 9.70. The Kier molecular flexibility index (Phi) is 8.28. The van der Waals surface area contributed by atoms with E-state index >= 15 is 0 Å². The molecule has 0 aliphatic carbocycles. The van der Waals surface area contributed by atoms with E-state index in [1.54, 1.807) is 11.5 Å². The number of nitrogens with two attached hydrogens (primary N) is 1. The second kappa shape index (κ2) is 11.2. The Balaban J connectivity index is 1.79. The molecule has 2 atom stereocenters. The van der Waals surface area contributed by atoms with Gasteiger partial charge in [0.25, 0.3) is 11.8 Å². The van der Waals surface area contributed by atoms with E-state index < -0.39 is 42.0 Å². The van der Waals surface area contributed by atoms with Gasteiger partial charge in [-0.2, -0.15) is 0 Å². The molecule has 0 spiro atoms. The quantitative estimate of drug-likeness (QED) is 0.160. The highest BCUT2D eigenvalue weighted by Gasteiger charge is 2.54. The van der Waals surface area contributed by atoms with Crippen LogP contribution >= 0.6 is 23.1 Å². The molecular weight excluding hydrogens is 486 g/mol. The van der Waals surface area contributed by atoms with E-state index in [4.69, 9.17) is 15.3 Å². The van der Waals surface area contributed by atoms with Crippen LogP contribution in [0.25, 0.3) is 0 Å². The molecule has 1 aromatic heterocycles. The van der Waals surface area contributed by atoms with Gasteiger partial charge in [0.1, 0.15) is 29.9 Å². The number of β-lactam (4-membered cyclic amide) rings is 1. The number of aromatic nitrogens is 1. The van der Waals surface area contributed by atoms with Crippen LogP contribution in [0.1, 0.15) is 26.0 Å². The number of fused-ring (bicyclic) bond motifs is 1. The first-order valence-electron chi connectivity index (χ1n) is 10.1. The van der Waals surface area contributed by atoms with Gasteiger partial charge < -0.3 is 25.4 Å². The number of rotatable bonds is 9. The third kappa shape index (κ3) is 5.39. The van der Waals surface area contributed by atoms with Crippen molar-refractivity contribution in [2.45, 2.75) is 31.7 Å². The highest BCUT2D eigenvalue weighted by Crippen LogP contribution is 2.41. The first-order valence-corrected chi connectivity index (χ1v) is 12.0. The molecule has 3 rings (SSSR count). The molecule has 12 nitrogen and oxygen atoms in total. The van der Waals surface area contributed by atoms with Crippen LogP contribution in [0, 0.1) is 0 Å². The third-order valence-electron chi connectivity index (χ3n) is 4.65. The van der Waals surface area contributed by atoms with Crippen molar-refractivity contribution in [1.82, 2.24) is 15.2 Å². The first kappa shape index (κ1) is 25.2. The first-order chi connectivity index (χ1) is 16.3. The second-order valence-corrected chi connectivity index (χ2v) is 8.92. The van der Waals surface area contributed by atoms with Gasteiger partial charge in [-0.25, -0.2) is 9.78 Å². The number of anilines is 1. The van der Waals surface area contributed by atoms with Crippen molar-refractivity contribution in [3.05, 3.63) is 34.5 Å². The molecule has 3 N–H and O–H groups in total. The summed E-state index contributed by atoms with van der Waals surface area (Å²) >= 11 is 2.51. The van der Waals surface area contributed by atoms with Crippen molar-refractivity contribution in [3.8, 4) is 0 Å². The molecule has 1 fully saturated rings. The van der Waals surface area contributed by atoms with E-state index in [1.807, 2.05) is 13.0 Å². The van der Waals surface area contributed by atoms with E-state index in [0.717, 1.165) is 17.8 Å². The van der Waals surface area contributed by atoms with Crippen LogP contribution in [0.4, 0.5) is 5.13 Å². The number of carbonyl (C=O) groups excluding carboxylic acids is 4. The van der Waals surface area contributed by atoms with Crippen LogP contribution in [0.15, 0.2) is 34.0 Å². The van der Waals surface area contributed by atoms with Crippen molar-refractivity contribution in [2.24, 2.45) is 5.16 Å². The van der Waals surface area contributed by atoms with Gasteiger partial charge in [0.2, 0.25) is 6.79 Å². The summed E-state index contributed by atoms with van der Waals surface area (Å²) in [7, 11) is 1.28. The van der Waals surface area contributed by atoms with E-state index in [-0.39, 0.29) is 22.2 Å². The molecule has 3 heterocycles.